The number of hydrogen-bond acceptors (Lipinski definition) is 3. The number of halogens is 2. The molecule has 0 unspecified atom stereocenters. The van der Waals surface area contributed by atoms with Gasteiger partial charge in [-0.1, -0.05) is 30.3 Å². The zero-order valence-corrected chi connectivity index (χ0v) is 13.9. The van der Waals surface area contributed by atoms with E-state index in [4.69, 9.17) is 10.5 Å². The second kappa shape index (κ2) is 8.47. The summed E-state index contributed by atoms with van der Waals surface area (Å²) in [4.78, 5) is 0. The van der Waals surface area contributed by atoms with Crippen LogP contribution in [-0.4, -0.2) is 16.3 Å². The number of rotatable bonds is 6. The van der Waals surface area contributed by atoms with E-state index in [9.17, 15) is 4.39 Å². The van der Waals surface area contributed by atoms with Crippen LogP contribution in [0.2, 0.25) is 0 Å². The molecule has 0 amide bonds. The smallest absolute Gasteiger partial charge is 0.131 e. The molecule has 0 radical (unpaired) electrons. The van der Waals surface area contributed by atoms with Gasteiger partial charge in [0.2, 0.25) is 0 Å². The van der Waals surface area contributed by atoms with Crippen LogP contribution in [0.25, 0.3) is 11.1 Å². The van der Waals surface area contributed by atoms with Gasteiger partial charge >= 0.3 is 0 Å². The predicted octanol–water partition coefficient (Wildman–Crippen LogP) is 3.65. The Labute approximate surface area is 146 Å². The fourth-order valence-corrected chi connectivity index (χ4v) is 2.31. The van der Waals surface area contributed by atoms with Crippen LogP contribution < -0.4 is 10.5 Å². The van der Waals surface area contributed by atoms with E-state index in [1.165, 1.54) is 6.07 Å². The monoisotopic (exact) mass is 347 g/mol. The summed E-state index contributed by atoms with van der Waals surface area (Å²) >= 11 is 0. The standard InChI is InChI=1S/C18H18FN3O.ClH/c19-18-7-6-16(23-13-14-4-2-1-3-5-14)10-17(18)15-11-21-22(12-15)9-8-20;/h1-7,10-12H,8-9,13,20H2;1H. The summed E-state index contributed by atoms with van der Waals surface area (Å²) in [6.07, 6.45) is 3.42. The molecule has 3 rings (SSSR count). The first-order valence-electron chi connectivity index (χ1n) is 7.45. The van der Waals surface area contributed by atoms with E-state index >= 15 is 0 Å². The van der Waals surface area contributed by atoms with Gasteiger partial charge in [0.1, 0.15) is 18.2 Å². The Morgan fingerprint density at radius 3 is 2.67 bits per heavy atom. The molecule has 0 saturated heterocycles. The molecule has 0 fully saturated rings. The van der Waals surface area contributed by atoms with Gasteiger partial charge in [-0.15, -0.1) is 12.4 Å². The van der Waals surface area contributed by atoms with E-state index in [0.717, 1.165) is 5.56 Å². The molecule has 4 nitrogen and oxygen atoms in total. The van der Waals surface area contributed by atoms with E-state index in [0.29, 0.717) is 36.6 Å². The molecule has 1 aromatic heterocycles. The summed E-state index contributed by atoms with van der Waals surface area (Å²) < 4.78 is 21.5. The molecular weight excluding hydrogens is 329 g/mol. The first kappa shape index (κ1) is 18.0. The lowest BCUT2D eigenvalue weighted by Crippen LogP contribution is -2.09. The Balaban J connectivity index is 0.00000208. The van der Waals surface area contributed by atoms with Crippen LogP contribution >= 0.6 is 12.4 Å². The summed E-state index contributed by atoms with van der Waals surface area (Å²) in [5.74, 6) is 0.321. The molecule has 6 heteroatoms. The molecule has 1 heterocycles. The summed E-state index contributed by atoms with van der Waals surface area (Å²) in [6.45, 7) is 1.54. The molecule has 2 aromatic carbocycles. The Morgan fingerprint density at radius 1 is 1.12 bits per heavy atom. The van der Waals surface area contributed by atoms with Gasteiger partial charge in [-0.2, -0.15) is 5.10 Å². The zero-order valence-electron chi connectivity index (χ0n) is 13.1. The van der Waals surface area contributed by atoms with Crippen molar-refractivity contribution in [3.8, 4) is 16.9 Å². The molecule has 0 saturated carbocycles. The van der Waals surface area contributed by atoms with Crippen molar-refractivity contribution in [3.63, 3.8) is 0 Å². The highest BCUT2D eigenvalue weighted by atomic mass is 35.5. The third-order valence-corrected chi connectivity index (χ3v) is 3.49. The molecule has 2 N–H and O–H groups in total. The van der Waals surface area contributed by atoms with E-state index in [-0.39, 0.29) is 18.2 Å². The van der Waals surface area contributed by atoms with E-state index in [1.54, 1.807) is 29.2 Å². The zero-order chi connectivity index (χ0) is 16.1. The number of nitrogens with zero attached hydrogens (tertiary/aromatic N) is 2. The third-order valence-electron chi connectivity index (χ3n) is 3.49. The maximum Gasteiger partial charge on any atom is 0.131 e. The average molecular weight is 348 g/mol. The molecule has 24 heavy (non-hydrogen) atoms. The number of hydrogen-bond donors (Lipinski definition) is 1. The van der Waals surface area contributed by atoms with Gasteiger partial charge in [0.25, 0.3) is 0 Å². The molecule has 3 aromatic rings. The maximum absolute atomic E-state index is 14.1. The fraction of sp³-hybridized carbons (Fsp3) is 0.167. The van der Waals surface area contributed by atoms with Crippen LogP contribution in [0, 0.1) is 5.82 Å². The highest BCUT2D eigenvalue weighted by molar-refractivity contribution is 5.85. The minimum Gasteiger partial charge on any atom is -0.489 e. The lowest BCUT2D eigenvalue weighted by molar-refractivity contribution is 0.306. The number of aromatic nitrogens is 2. The number of nitrogens with two attached hydrogens (primary N) is 1. The largest absolute Gasteiger partial charge is 0.489 e. The second-order valence-electron chi connectivity index (χ2n) is 5.20. The van der Waals surface area contributed by atoms with Gasteiger partial charge in [0.15, 0.2) is 0 Å². The van der Waals surface area contributed by atoms with E-state index < -0.39 is 0 Å². The quantitative estimate of drug-likeness (QED) is 0.740. The fourth-order valence-electron chi connectivity index (χ4n) is 2.31. The highest BCUT2D eigenvalue weighted by Crippen LogP contribution is 2.27. The van der Waals surface area contributed by atoms with Crippen molar-refractivity contribution in [1.29, 1.82) is 0 Å². The van der Waals surface area contributed by atoms with Crippen LogP contribution in [0.15, 0.2) is 60.9 Å². The molecule has 0 atom stereocenters. The van der Waals surface area contributed by atoms with E-state index in [2.05, 4.69) is 5.10 Å². The van der Waals surface area contributed by atoms with Gasteiger partial charge in [-0.05, 0) is 23.8 Å². The maximum atomic E-state index is 14.1. The van der Waals surface area contributed by atoms with Gasteiger partial charge < -0.3 is 10.5 Å². The van der Waals surface area contributed by atoms with Crippen molar-refractivity contribution in [2.75, 3.05) is 6.54 Å². The van der Waals surface area contributed by atoms with Crippen LogP contribution in [-0.2, 0) is 13.2 Å². The Hall–Kier alpha value is -2.37. The number of ether oxygens (including phenoxy) is 1. The predicted molar refractivity (Wildman–Crippen MR) is 94.7 cm³/mol. The Kier molecular flexibility index (Phi) is 6.35. The molecule has 0 spiro atoms. The van der Waals surface area contributed by atoms with Crippen molar-refractivity contribution in [3.05, 3.63) is 72.3 Å². The lowest BCUT2D eigenvalue weighted by Gasteiger charge is -2.08. The van der Waals surface area contributed by atoms with Crippen LogP contribution in [0.3, 0.4) is 0 Å². The topological polar surface area (TPSA) is 53.1 Å². The van der Waals surface area contributed by atoms with Gasteiger partial charge in [-0.3, -0.25) is 4.68 Å². The summed E-state index contributed by atoms with van der Waals surface area (Å²) in [5.41, 5.74) is 7.75. The summed E-state index contributed by atoms with van der Waals surface area (Å²) in [6, 6.07) is 14.6. The molecule has 0 aliphatic carbocycles. The van der Waals surface area contributed by atoms with E-state index in [1.807, 2.05) is 30.3 Å². The third kappa shape index (κ3) is 4.34. The van der Waals surface area contributed by atoms with Crippen molar-refractivity contribution >= 4 is 12.4 Å². The van der Waals surface area contributed by atoms with Crippen LogP contribution in [0.4, 0.5) is 4.39 Å². The van der Waals surface area contributed by atoms with Crippen LogP contribution in [0.5, 0.6) is 5.75 Å². The Morgan fingerprint density at radius 2 is 1.92 bits per heavy atom. The highest BCUT2D eigenvalue weighted by Gasteiger charge is 2.09. The number of benzene rings is 2. The van der Waals surface area contributed by atoms with Crippen molar-refractivity contribution in [1.82, 2.24) is 9.78 Å². The average Bonchev–Trinajstić information content (AvgIpc) is 3.04. The lowest BCUT2D eigenvalue weighted by atomic mass is 10.1. The molecule has 0 aliphatic rings. The second-order valence-corrected chi connectivity index (χ2v) is 5.20. The minimum absolute atomic E-state index is 0. The SMILES string of the molecule is Cl.NCCn1cc(-c2cc(OCc3ccccc3)ccc2F)cn1. The minimum atomic E-state index is -0.302. The van der Waals surface area contributed by atoms with Gasteiger partial charge in [0.05, 0.1) is 12.7 Å². The first-order chi connectivity index (χ1) is 11.3. The van der Waals surface area contributed by atoms with Crippen molar-refractivity contribution in [2.45, 2.75) is 13.2 Å². The van der Waals surface area contributed by atoms with Gasteiger partial charge in [0, 0.05) is 23.9 Å². The van der Waals surface area contributed by atoms with Crippen molar-refractivity contribution in [2.24, 2.45) is 5.73 Å². The van der Waals surface area contributed by atoms with Crippen molar-refractivity contribution < 1.29 is 9.13 Å². The molecular formula is C18H19ClFN3O. The van der Waals surface area contributed by atoms with Crippen LogP contribution in [0.1, 0.15) is 5.56 Å². The first-order valence-corrected chi connectivity index (χ1v) is 7.45. The molecule has 0 bridgehead atoms. The Bertz CT molecular complexity index is 777. The molecule has 126 valence electrons. The molecule has 0 aliphatic heterocycles. The summed E-state index contributed by atoms with van der Waals surface area (Å²) in [5, 5.41) is 4.18. The summed E-state index contributed by atoms with van der Waals surface area (Å²) in [7, 11) is 0. The van der Waals surface area contributed by atoms with Gasteiger partial charge in [-0.25, -0.2) is 4.39 Å². The normalized spacial score (nSPS) is 10.2.